The summed E-state index contributed by atoms with van der Waals surface area (Å²) in [6.45, 7) is 3.36. The van der Waals surface area contributed by atoms with Crippen LogP contribution in [0.5, 0.6) is 0 Å². The average molecular weight is 824 g/mol. The van der Waals surface area contributed by atoms with Crippen molar-refractivity contribution in [3.8, 4) is 0 Å². The van der Waals surface area contributed by atoms with E-state index in [2.05, 4.69) is 103 Å². The number of hydrogen-bond acceptors (Lipinski definition) is 8. The van der Waals surface area contributed by atoms with Gasteiger partial charge in [0.1, 0.15) is 24.4 Å². The van der Waals surface area contributed by atoms with Crippen molar-refractivity contribution in [2.45, 2.75) is 185 Å². The summed E-state index contributed by atoms with van der Waals surface area (Å²) in [6, 6.07) is -0.838. The lowest BCUT2D eigenvalue weighted by molar-refractivity contribution is -0.302. The van der Waals surface area contributed by atoms with Crippen LogP contribution in [0.15, 0.2) is 109 Å². The summed E-state index contributed by atoms with van der Waals surface area (Å²) in [6.07, 6.45) is 50.2. The molecule has 1 aliphatic heterocycles. The number of amides is 1. The van der Waals surface area contributed by atoms with Crippen molar-refractivity contribution in [1.29, 1.82) is 0 Å². The normalized spacial score (nSPS) is 21.8. The molecule has 7 unspecified atom stereocenters. The Bertz CT molecular complexity index is 1280. The van der Waals surface area contributed by atoms with Gasteiger partial charge in [-0.2, -0.15) is 0 Å². The number of hydrogen-bond donors (Lipinski definition) is 6. The molecular weight excluding hydrogens is 743 g/mol. The SMILES string of the molecule is C/C=C/CC/C=C/CC/C=C/C(O)C(COC1OC(CO)C(O)C(O)C1O)NC(=O)CCCCCCCCCC/C=C\C/C=C\C/C=C\C/C=C\C/C=C\C/C=C\CC. The molecule has 59 heavy (non-hydrogen) atoms. The minimum Gasteiger partial charge on any atom is -0.394 e. The zero-order chi connectivity index (χ0) is 43.0. The Morgan fingerprint density at radius 1 is 0.610 bits per heavy atom. The van der Waals surface area contributed by atoms with Crippen molar-refractivity contribution in [2.75, 3.05) is 13.2 Å². The van der Waals surface area contributed by atoms with Crippen LogP contribution < -0.4 is 5.32 Å². The maximum Gasteiger partial charge on any atom is 0.220 e. The van der Waals surface area contributed by atoms with Crippen LogP contribution >= 0.6 is 0 Å². The highest BCUT2D eigenvalue weighted by Gasteiger charge is 2.44. The number of allylic oxidation sites excluding steroid dienone is 17. The predicted octanol–water partition coefficient (Wildman–Crippen LogP) is 9.50. The Balaban J connectivity index is 2.26. The molecular formula is C50H81NO8. The van der Waals surface area contributed by atoms with E-state index in [9.17, 15) is 30.3 Å². The molecule has 0 bridgehead atoms. The monoisotopic (exact) mass is 824 g/mol. The molecule has 7 atom stereocenters. The summed E-state index contributed by atoms with van der Waals surface area (Å²) in [7, 11) is 0. The molecule has 0 aromatic rings. The van der Waals surface area contributed by atoms with Gasteiger partial charge in [0.2, 0.25) is 5.91 Å². The molecule has 1 rings (SSSR count). The molecule has 6 N–H and O–H groups in total. The first-order valence-electron chi connectivity index (χ1n) is 22.6. The standard InChI is InChI=1S/C50H81NO8/c1-3-5-7-9-11-13-14-15-16-17-18-19-20-21-22-23-24-25-26-27-28-29-30-32-34-36-38-40-46(54)51-43(44(53)39-37-35-33-31-12-10-8-6-4-2)42-58-50-49(57)48(56)47(55)45(41-52)59-50/h4-7,11-13,15-16,18-19,21-22,24-25,31,37,39,43-45,47-50,52-53,55-57H,3,8-10,14,17,20,23,26-30,32-36,38,40-42H2,1-2H3,(H,51,54)/b6-4+,7-5-,13-11-,16-15-,19-18-,22-21-,25-24-,31-12+,39-37+. The summed E-state index contributed by atoms with van der Waals surface area (Å²) in [5.74, 6) is -0.210. The second kappa shape index (κ2) is 39.0. The fourth-order valence-electron chi connectivity index (χ4n) is 6.31. The number of nitrogens with one attached hydrogen (secondary N) is 1. The lowest BCUT2D eigenvalue weighted by Gasteiger charge is -2.40. The summed E-state index contributed by atoms with van der Waals surface area (Å²) < 4.78 is 11.1. The first-order valence-corrected chi connectivity index (χ1v) is 22.6. The second-order valence-electron chi connectivity index (χ2n) is 15.1. The van der Waals surface area contributed by atoms with Crippen molar-refractivity contribution in [3.05, 3.63) is 109 Å². The van der Waals surface area contributed by atoms with Gasteiger partial charge in [-0.25, -0.2) is 0 Å². The average Bonchev–Trinajstić information content (AvgIpc) is 3.23. The van der Waals surface area contributed by atoms with E-state index in [0.29, 0.717) is 6.42 Å². The largest absolute Gasteiger partial charge is 0.394 e. The second-order valence-corrected chi connectivity index (χ2v) is 15.1. The van der Waals surface area contributed by atoms with E-state index in [1.54, 1.807) is 6.08 Å². The van der Waals surface area contributed by atoms with E-state index in [1.165, 1.54) is 25.7 Å². The Morgan fingerprint density at radius 2 is 1.08 bits per heavy atom. The molecule has 0 aliphatic carbocycles. The van der Waals surface area contributed by atoms with Gasteiger partial charge in [-0.1, -0.05) is 155 Å². The third kappa shape index (κ3) is 29.7. The van der Waals surface area contributed by atoms with Crippen molar-refractivity contribution in [2.24, 2.45) is 0 Å². The number of rotatable bonds is 35. The number of aliphatic hydroxyl groups is 5. The molecule has 0 radical (unpaired) electrons. The van der Waals surface area contributed by atoms with Crippen LogP contribution in [0.1, 0.15) is 142 Å². The third-order valence-electron chi connectivity index (χ3n) is 9.90. The van der Waals surface area contributed by atoms with Crippen LogP contribution in [0, 0.1) is 0 Å². The summed E-state index contributed by atoms with van der Waals surface area (Å²) in [5, 5.41) is 53.9. The minimum atomic E-state index is -1.58. The predicted molar refractivity (Wildman–Crippen MR) is 244 cm³/mol. The van der Waals surface area contributed by atoms with Crippen LogP contribution in [0.4, 0.5) is 0 Å². The van der Waals surface area contributed by atoms with Gasteiger partial charge in [0, 0.05) is 6.42 Å². The number of aliphatic hydroxyl groups excluding tert-OH is 5. The lowest BCUT2D eigenvalue weighted by Crippen LogP contribution is -2.60. The number of ether oxygens (including phenoxy) is 2. The molecule has 1 fully saturated rings. The zero-order valence-electron chi connectivity index (χ0n) is 36.5. The summed E-state index contributed by atoms with van der Waals surface area (Å²) in [5.41, 5.74) is 0. The highest BCUT2D eigenvalue weighted by molar-refractivity contribution is 5.76. The van der Waals surface area contributed by atoms with Gasteiger partial charge < -0.3 is 40.3 Å². The molecule has 0 saturated carbocycles. The molecule has 0 aromatic carbocycles. The van der Waals surface area contributed by atoms with Crippen LogP contribution in [0.3, 0.4) is 0 Å². The number of carbonyl (C=O) groups is 1. The van der Waals surface area contributed by atoms with Gasteiger partial charge in [-0.05, 0) is 90.4 Å². The fourth-order valence-corrected chi connectivity index (χ4v) is 6.31. The molecule has 1 saturated heterocycles. The molecule has 334 valence electrons. The highest BCUT2D eigenvalue weighted by atomic mass is 16.7. The molecule has 9 heteroatoms. The number of unbranched alkanes of at least 4 members (excludes halogenated alkanes) is 10. The molecule has 1 heterocycles. The van der Waals surface area contributed by atoms with Crippen LogP contribution in [-0.2, 0) is 14.3 Å². The molecule has 1 amide bonds. The van der Waals surface area contributed by atoms with Crippen molar-refractivity contribution >= 4 is 5.91 Å². The maximum atomic E-state index is 12.9. The fraction of sp³-hybridized carbons (Fsp3) is 0.620. The lowest BCUT2D eigenvalue weighted by atomic mass is 9.99. The Kier molecular flexibility index (Phi) is 35.6. The third-order valence-corrected chi connectivity index (χ3v) is 9.90. The summed E-state index contributed by atoms with van der Waals surface area (Å²) >= 11 is 0. The molecule has 0 spiro atoms. The smallest absolute Gasteiger partial charge is 0.220 e. The molecule has 9 nitrogen and oxygen atoms in total. The van der Waals surface area contributed by atoms with Gasteiger partial charge >= 0.3 is 0 Å². The van der Waals surface area contributed by atoms with Gasteiger partial charge in [-0.15, -0.1) is 0 Å². The van der Waals surface area contributed by atoms with E-state index in [0.717, 1.165) is 96.3 Å². The van der Waals surface area contributed by atoms with Crippen LogP contribution in [0.25, 0.3) is 0 Å². The van der Waals surface area contributed by atoms with E-state index in [4.69, 9.17) is 9.47 Å². The van der Waals surface area contributed by atoms with E-state index in [-0.39, 0.29) is 12.5 Å². The Hall–Kier alpha value is -3.15. The number of carbonyl (C=O) groups excluding carboxylic acids is 1. The van der Waals surface area contributed by atoms with Crippen molar-refractivity contribution < 1.29 is 39.8 Å². The molecule has 1 aliphatic rings. The Labute approximate surface area is 357 Å². The van der Waals surface area contributed by atoms with Crippen molar-refractivity contribution in [1.82, 2.24) is 5.32 Å². The summed E-state index contributed by atoms with van der Waals surface area (Å²) in [4.78, 5) is 12.9. The zero-order valence-corrected chi connectivity index (χ0v) is 36.5. The van der Waals surface area contributed by atoms with E-state index in [1.807, 2.05) is 19.1 Å². The van der Waals surface area contributed by atoms with Gasteiger partial charge in [0.05, 0.1) is 25.4 Å². The first-order chi connectivity index (χ1) is 28.8. The van der Waals surface area contributed by atoms with Gasteiger partial charge in [0.25, 0.3) is 0 Å². The Morgan fingerprint density at radius 3 is 1.63 bits per heavy atom. The van der Waals surface area contributed by atoms with Gasteiger partial charge in [-0.3, -0.25) is 4.79 Å². The van der Waals surface area contributed by atoms with Crippen molar-refractivity contribution in [3.63, 3.8) is 0 Å². The topological polar surface area (TPSA) is 149 Å². The minimum absolute atomic E-state index is 0.210. The van der Waals surface area contributed by atoms with E-state index >= 15 is 0 Å². The van der Waals surface area contributed by atoms with Gasteiger partial charge in [0.15, 0.2) is 6.29 Å². The molecule has 0 aromatic heterocycles. The highest BCUT2D eigenvalue weighted by Crippen LogP contribution is 2.22. The van der Waals surface area contributed by atoms with Crippen LogP contribution in [0.2, 0.25) is 0 Å². The maximum absolute atomic E-state index is 12.9. The quantitative estimate of drug-likeness (QED) is 0.0274. The first kappa shape index (κ1) is 53.9. The van der Waals surface area contributed by atoms with Crippen LogP contribution in [-0.4, -0.2) is 87.5 Å². The van der Waals surface area contributed by atoms with E-state index < -0.39 is 49.5 Å².